The lowest BCUT2D eigenvalue weighted by Gasteiger charge is -2.10. The summed E-state index contributed by atoms with van der Waals surface area (Å²) >= 11 is 1.19. The molecule has 0 bridgehead atoms. The Balaban J connectivity index is 1.99. The second kappa shape index (κ2) is 6.08. The number of aryl methyl sites for hydroxylation is 1. The first-order valence-corrected chi connectivity index (χ1v) is 7.54. The average molecular weight is 353 g/mol. The molecule has 0 spiro atoms. The second-order valence-electron chi connectivity index (χ2n) is 4.88. The van der Waals surface area contributed by atoms with Gasteiger partial charge in [0.25, 0.3) is 5.56 Å². The topological polar surface area (TPSA) is 57.0 Å². The summed E-state index contributed by atoms with van der Waals surface area (Å²) in [5, 5.41) is 5.94. The van der Waals surface area contributed by atoms with Gasteiger partial charge in [-0.3, -0.25) is 4.79 Å². The number of rotatable bonds is 3. The molecule has 0 amide bonds. The van der Waals surface area contributed by atoms with Gasteiger partial charge in [0.15, 0.2) is 0 Å². The van der Waals surface area contributed by atoms with Crippen molar-refractivity contribution in [3.05, 3.63) is 57.8 Å². The van der Waals surface area contributed by atoms with E-state index in [1.165, 1.54) is 46.7 Å². The minimum atomic E-state index is -4.74. The Bertz CT molecular complexity index is 903. The minimum absolute atomic E-state index is 0.282. The maximum Gasteiger partial charge on any atom is 0.573 e. The fourth-order valence-electron chi connectivity index (χ4n) is 2.06. The van der Waals surface area contributed by atoms with E-state index in [2.05, 4.69) is 14.2 Å². The summed E-state index contributed by atoms with van der Waals surface area (Å²) in [6.45, 7) is 1.64. The van der Waals surface area contributed by atoms with Crippen LogP contribution in [0, 0.1) is 6.92 Å². The normalized spacial score (nSPS) is 11.5. The van der Waals surface area contributed by atoms with Gasteiger partial charge in [0.2, 0.25) is 0 Å². The molecular formula is C15H10F3N3O2S. The first-order chi connectivity index (χ1) is 11.3. The van der Waals surface area contributed by atoms with Crippen LogP contribution in [0.25, 0.3) is 16.9 Å². The van der Waals surface area contributed by atoms with Crippen molar-refractivity contribution < 1.29 is 17.9 Å². The Morgan fingerprint density at radius 2 is 1.92 bits per heavy atom. The van der Waals surface area contributed by atoms with Gasteiger partial charge in [-0.2, -0.15) is 14.2 Å². The molecule has 2 heterocycles. The zero-order chi connectivity index (χ0) is 17.3. The van der Waals surface area contributed by atoms with Crippen molar-refractivity contribution in [1.82, 2.24) is 14.2 Å². The second-order valence-corrected chi connectivity index (χ2v) is 5.54. The lowest BCUT2D eigenvalue weighted by atomic mass is 10.1. The fraction of sp³-hybridized carbons (Fsp3) is 0.133. The molecule has 0 aliphatic carbocycles. The Hall–Kier alpha value is -2.68. The first-order valence-electron chi connectivity index (χ1n) is 6.70. The zero-order valence-corrected chi connectivity index (χ0v) is 13.1. The predicted molar refractivity (Wildman–Crippen MR) is 82.4 cm³/mol. The van der Waals surface area contributed by atoms with Crippen LogP contribution in [-0.2, 0) is 0 Å². The van der Waals surface area contributed by atoms with Gasteiger partial charge >= 0.3 is 6.36 Å². The maximum atomic E-state index is 12.2. The SMILES string of the molecule is Cc1cc(-c2ccc(OC(F)(F)F)cc2)nn(-c2cnsc2)c1=O. The summed E-state index contributed by atoms with van der Waals surface area (Å²) in [5.74, 6) is -0.321. The van der Waals surface area contributed by atoms with E-state index in [1.807, 2.05) is 0 Å². The van der Waals surface area contributed by atoms with Gasteiger partial charge in [-0.1, -0.05) is 0 Å². The molecule has 3 rings (SSSR count). The number of hydrogen-bond donors (Lipinski definition) is 0. The van der Waals surface area contributed by atoms with Crippen molar-refractivity contribution >= 4 is 11.5 Å². The van der Waals surface area contributed by atoms with Crippen LogP contribution < -0.4 is 10.3 Å². The number of benzene rings is 1. The molecule has 2 aromatic heterocycles. The van der Waals surface area contributed by atoms with E-state index in [4.69, 9.17) is 0 Å². The Kier molecular flexibility index (Phi) is 4.10. The van der Waals surface area contributed by atoms with Gasteiger partial charge in [-0.25, -0.2) is 0 Å². The van der Waals surface area contributed by atoms with Crippen LogP contribution in [0.2, 0.25) is 0 Å². The summed E-state index contributed by atoms with van der Waals surface area (Å²) < 4.78 is 45.6. The fourth-order valence-corrected chi connectivity index (χ4v) is 2.56. The van der Waals surface area contributed by atoms with E-state index in [0.717, 1.165) is 0 Å². The van der Waals surface area contributed by atoms with E-state index < -0.39 is 6.36 Å². The van der Waals surface area contributed by atoms with Gasteiger partial charge in [0.05, 0.1) is 17.6 Å². The number of ether oxygens (including phenoxy) is 1. The van der Waals surface area contributed by atoms with Crippen LogP contribution in [0.4, 0.5) is 13.2 Å². The lowest BCUT2D eigenvalue weighted by Crippen LogP contribution is -2.23. The van der Waals surface area contributed by atoms with Gasteiger partial charge in [0, 0.05) is 16.5 Å². The Morgan fingerprint density at radius 1 is 1.21 bits per heavy atom. The number of aromatic nitrogens is 3. The molecule has 5 nitrogen and oxygen atoms in total. The highest BCUT2D eigenvalue weighted by molar-refractivity contribution is 7.03. The van der Waals surface area contributed by atoms with Crippen LogP contribution in [0.1, 0.15) is 5.56 Å². The van der Waals surface area contributed by atoms with Crippen molar-refractivity contribution in [2.45, 2.75) is 13.3 Å². The Morgan fingerprint density at radius 3 is 2.50 bits per heavy atom. The summed E-state index contributed by atoms with van der Waals surface area (Å²) in [6, 6.07) is 6.87. The van der Waals surface area contributed by atoms with E-state index in [9.17, 15) is 18.0 Å². The third-order valence-electron chi connectivity index (χ3n) is 3.14. The van der Waals surface area contributed by atoms with Crippen molar-refractivity contribution in [1.29, 1.82) is 0 Å². The van der Waals surface area contributed by atoms with Crippen LogP contribution in [0.3, 0.4) is 0 Å². The molecule has 0 aliphatic rings. The monoisotopic (exact) mass is 353 g/mol. The van der Waals surface area contributed by atoms with Crippen LogP contribution in [-0.4, -0.2) is 20.5 Å². The highest BCUT2D eigenvalue weighted by atomic mass is 32.1. The van der Waals surface area contributed by atoms with Gasteiger partial charge in [-0.15, -0.1) is 13.2 Å². The largest absolute Gasteiger partial charge is 0.573 e. The van der Waals surface area contributed by atoms with Gasteiger partial charge in [0.1, 0.15) is 5.75 Å². The summed E-state index contributed by atoms with van der Waals surface area (Å²) in [7, 11) is 0. The van der Waals surface area contributed by atoms with Crippen molar-refractivity contribution in [3.8, 4) is 22.7 Å². The highest BCUT2D eigenvalue weighted by Gasteiger charge is 2.31. The molecule has 1 aromatic carbocycles. The Labute approximate surface area is 138 Å². The van der Waals surface area contributed by atoms with E-state index in [0.29, 0.717) is 22.5 Å². The van der Waals surface area contributed by atoms with Crippen LogP contribution >= 0.6 is 11.5 Å². The zero-order valence-electron chi connectivity index (χ0n) is 12.2. The average Bonchev–Trinajstić information content (AvgIpc) is 3.03. The third kappa shape index (κ3) is 3.46. The number of alkyl halides is 3. The van der Waals surface area contributed by atoms with E-state index in [1.54, 1.807) is 18.4 Å². The lowest BCUT2D eigenvalue weighted by molar-refractivity contribution is -0.274. The molecular weight excluding hydrogens is 343 g/mol. The molecule has 0 saturated heterocycles. The molecule has 0 aliphatic heterocycles. The molecule has 0 unspecified atom stereocenters. The van der Waals surface area contributed by atoms with E-state index in [-0.39, 0.29) is 11.3 Å². The molecule has 0 saturated carbocycles. The molecule has 0 fully saturated rings. The highest BCUT2D eigenvalue weighted by Crippen LogP contribution is 2.25. The standard InChI is InChI=1S/C15H10F3N3O2S/c1-9-6-13(20-21(14(9)22)11-7-19-24-8-11)10-2-4-12(5-3-10)23-15(16,17)18/h2-8H,1H3. The predicted octanol–water partition coefficient (Wildman–Crippen LogP) is 3.56. The summed E-state index contributed by atoms with van der Waals surface area (Å²) in [6.07, 6.45) is -3.22. The van der Waals surface area contributed by atoms with Gasteiger partial charge in [-0.05, 0) is 48.8 Å². The summed E-state index contributed by atoms with van der Waals surface area (Å²) in [5.41, 5.74) is 1.73. The quantitative estimate of drug-likeness (QED) is 0.722. The molecule has 3 aromatic rings. The van der Waals surface area contributed by atoms with Crippen molar-refractivity contribution in [2.75, 3.05) is 0 Å². The molecule has 24 heavy (non-hydrogen) atoms. The van der Waals surface area contributed by atoms with Crippen molar-refractivity contribution in [3.63, 3.8) is 0 Å². The van der Waals surface area contributed by atoms with E-state index >= 15 is 0 Å². The molecule has 9 heteroatoms. The maximum absolute atomic E-state index is 12.2. The molecule has 124 valence electrons. The van der Waals surface area contributed by atoms with Gasteiger partial charge < -0.3 is 4.74 Å². The minimum Gasteiger partial charge on any atom is -0.406 e. The van der Waals surface area contributed by atoms with Crippen molar-refractivity contribution in [2.24, 2.45) is 0 Å². The third-order valence-corrected chi connectivity index (χ3v) is 3.71. The molecule has 0 radical (unpaired) electrons. The molecule has 0 N–H and O–H groups in total. The van der Waals surface area contributed by atoms with Crippen LogP contribution in [0.5, 0.6) is 5.75 Å². The number of hydrogen-bond acceptors (Lipinski definition) is 5. The number of nitrogens with zero attached hydrogens (tertiary/aromatic N) is 3. The first kappa shape index (κ1) is 16.2. The van der Waals surface area contributed by atoms with Crippen LogP contribution in [0.15, 0.2) is 46.7 Å². The molecule has 0 atom stereocenters. The summed E-state index contributed by atoms with van der Waals surface area (Å²) in [4.78, 5) is 12.2. The number of halogens is 3. The smallest absolute Gasteiger partial charge is 0.406 e.